The first kappa shape index (κ1) is 10.6. The van der Waals surface area contributed by atoms with Crippen LogP contribution in [0.5, 0.6) is 0 Å². The van der Waals surface area contributed by atoms with Gasteiger partial charge in [0.15, 0.2) is 0 Å². The molecule has 16 heavy (non-hydrogen) atoms. The Balaban J connectivity index is 2.41. The van der Waals surface area contributed by atoms with Gasteiger partial charge in [0.25, 0.3) is 0 Å². The van der Waals surface area contributed by atoms with Crippen molar-refractivity contribution in [2.24, 2.45) is 0 Å². The second-order valence-corrected chi connectivity index (χ2v) is 3.94. The summed E-state index contributed by atoms with van der Waals surface area (Å²) in [6, 6.07) is 16.2. The number of nitrogen functional groups attached to an aromatic ring is 1. The van der Waals surface area contributed by atoms with E-state index in [1.54, 1.807) is 0 Å². The Kier molecular flexibility index (Phi) is 2.82. The van der Waals surface area contributed by atoms with E-state index in [9.17, 15) is 0 Å². The van der Waals surface area contributed by atoms with Gasteiger partial charge in [-0.15, -0.1) is 0 Å². The number of hydrogen-bond donors (Lipinski definition) is 1. The number of nitrogens with two attached hydrogens (primary N) is 1. The molecule has 0 saturated heterocycles. The van der Waals surface area contributed by atoms with E-state index >= 15 is 0 Å². The van der Waals surface area contributed by atoms with Crippen molar-refractivity contribution in [3.05, 3.63) is 54.1 Å². The fourth-order valence-corrected chi connectivity index (χ4v) is 1.78. The Hall–Kier alpha value is -1.96. The summed E-state index contributed by atoms with van der Waals surface area (Å²) >= 11 is 0. The maximum atomic E-state index is 5.82. The molecule has 0 unspecified atom stereocenters. The minimum Gasteiger partial charge on any atom is -0.399 e. The van der Waals surface area contributed by atoms with Gasteiger partial charge >= 0.3 is 0 Å². The Morgan fingerprint density at radius 2 is 1.69 bits per heavy atom. The number of aryl methyl sites for hydroxylation is 1. The predicted molar refractivity (Wildman–Crippen MR) is 70.1 cm³/mol. The van der Waals surface area contributed by atoms with Gasteiger partial charge in [-0.05, 0) is 36.8 Å². The van der Waals surface area contributed by atoms with Gasteiger partial charge in [-0.2, -0.15) is 0 Å². The number of nitrogens with zero attached hydrogens (tertiary/aromatic N) is 1. The van der Waals surface area contributed by atoms with E-state index in [1.807, 2.05) is 36.4 Å². The van der Waals surface area contributed by atoms with Crippen molar-refractivity contribution in [1.82, 2.24) is 0 Å². The molecular weight excluding hydrogens is 196 g/mol. The molecule has 0 spiro atoms. The van der Waals surface area contributed by atoms with Gasteiger partial charge in [-0.1, -0.05) is 24.3 Å². The molecule has 82 valence electrons. The molecule has 0 atom stereocenters. The average Bonchev–Trinajstić information content (AvgIpc) is 2.32. The van der Waals surface area contributed by atoms with E-state index in [1.165, 1.54) is 5.56 Å². The van der Waals surface area contributed by atoms with Gasteiger partial charge in [0, 0.05) is 24.1 Å². The second-order valence-electron chi connectivity index (χ2n) is 3.94. The summed E-state index contributed by atoms with van der Waals surface area (Å²) in [6.45, 7) is 2.09. The van der Waals surface area contributed by atoms with Gasteiger partial charge in [-0.3, -0.25) is 0 Å². The van der Waals surface area contributed by atoms with Gasteiger partial charge in [0.05, 0.1) is 0 Å². The number of rotatable bonds is 2. The molecule has 0 fully saturated rings. The Morgan fingerprint density at radius 1 is 1.00 bits per heavy atom. The Bertz CT molecular complexity index is 477. The molecule has 2 N–H and O–H groups in total. The van der Waals surface area contributed by atoms with Crippen molar-refractivity contribution in [2.45, 2.75) is 6.92 Å². The van der Waals surface area contributed by atoms with Crippen molar-refractivity contribution in [2.75, 3.05) is 17.7 Å². The van der Waals surface area contributed by atoms with E-state index in [0.29, 0.717) is 0 Å². The minimum atomic E-state index is 0.795. The quantitative estimate of drug-likeness (QED) is 0.773. The Morgan fingerprint density at radius 3 is 2.38 bits per heavy atom. The maximum Gasteiger partial charge on any atom is 0.0458 e. The summed E-state index contributed by atoms with van der Waals surface area (Å²) in [4.78, 5) is 2.14. The molecule has 0 amide bonds. The molecule has 0 saturated carbocycles. The minimum absolute atomic E-state index is 0.795. The molecule has 2 nitrogen and oxygen atoms in total. The molecule has 0 aliphatic carbocycles. The molecule has 0 aliphatic rings. The highest BCUT2D eigenvalue weighted by molar-refractivity contribution is 5.68. The highest BCUT2D eigenvalue weighted by Gasteiger charge is 2.06. The van der Waals surface area contributed by atoms with Crippen LogP contribution in [-0.4, -0.2) is 7.05 Å². The van der Waals surface area contributed by atoms with Gasteiger partial charge < -0.3 is 10.6 Å². The van der Waals surface area contributed by atoms with Crippen LogP contribution in [0.3, 0.4) is 0 Å². The maximum absolute atomic E-state index is 5.82. The van der Waals surface area contributed by atoms with E-state index in [0.717, 1.165) is 17.1 Å². The van der Waals surface area contributed by atoms with Crippen LogP contribution in [0.4, 0.5) is 17.1 Å². The fraction of sp³-hybridized carbons (Fsp3) is 0.143. The second kappa shape index (κ2) is 4.27. The van der Waals surface area contributed by atoms with Crippen LogP contribution in [-0.2, 0) is 0 Å². The molecule has 2 aromatic carbocycles. The molecule has 0 aromatic heterocycles. The van der Waals surface area contributed by atoms with Crippen molar-refractivity contribution in [3.63, 3.8) is 0 Å². The number of hydrogen-bond acceptors (Lipinski definition) is 2. The Labute approximate surface area is 96.3 Å². The van der Waals surface area contributed by atoms with Crippen molar-refractivity contribution < 1.29 is 0 Å². The van der Waals surface area contributed by atoms with E-state index in [-0.39, 0.29) is 0 Å². The summed E-state index contributed by atoms with van der Waals surface area (Å²) in [5.74, 6) is 0. The molecule has 2 rings (SSSR count). The third-order valence-corrected chi connectivity index (χ3v) is 2.74. The fourth-order valence-electron chi connectivity index (χ4n) is 1.78. The van der Waals surface area contributed by atoms with Crippen LogP contribution < -0.4 is 10.6 Å². The van der Waals surface area contributed by atoms with Gasteiger partial charge in [0.2, 0.25) is 0 Å². The first-order chi connectivity index (χ1) is 7.68. The molecular formula is C14H16N2. The smallest absolute Gasteiger partial charge is 0.0458 e. The van der Waals surface area contributed by atoms with Gasteiger partial charge in [0.1, 0.15) is 0 Å². The van der Waals surface area contributed by atoms with E-state index in [4.69, 9.17) is 5.73 Å². The van der Waals surface area contributed by atoms with Crippen molar-refractivity contribution >= 4 is 17.1 Å². The standard InChI is InChI=1S/C14H16N2/c1-11-8-9-12(15)10-14(11)16(2)13-6-4-3-5-7-13/h3-10H,15H2,1-2H3. The molecule has 2 aromatic rings. The summed E-state index contributed by atoms with van der Waals surface area (Å²) in [7, 11) is 2.05. The van der Waals surface area contributed by atoms with Crippen LogP contribution in [0.15, 0.2) is 48.5 Å². The van der Waals surface area contributed by atoms with E-state index in [2.05, 4.69) is 31.0 Å². The van der Waals surface area contributed by atoms with Crippen molar-refractivity contribution in [3.8, 4) is 0 Å². The molecule has 0 radical (unpaired) electrons. The average molecular weight is 212 g/mol. The topological polar surface area (TPSA) is 29.3 Å². The lowest BCUT2D eigenvalue weighted by Crippen LogP contribution is -2.10. The van der Waals surface area contributed by atoms with Crippen LogP contribution in [0.2, 0.25) is 0 Å². The van der Waals surface area contributed by atoms with Crippen LogP contribution >= 0.6 is 0 Å². The molecule has 0 aliphatic heterocycles. The highest BCUT2D eigenvalue weighted by Crippen LogP contribution is 2.27. The lowest BCUT2D eigenvalue weighted by Gasteiger charge is -2.21. The van der Waals surface area contributed by atoms with Crippen LogP contribution in [0.25, 0.3) is 0 Å². The largest absolute Gasteiger partial charge is 0.399 e. The first-order valence-corrected chi connectivity index (χ1v) is 5.33. The zero-order chi connectivity index (χ0) is 11.5. The lowest BCUT2D eigenvalue weighted by atomic mass is 10.1. The SMILES string of the molecule is Cc1ccc(N)cc1N(C)c1ccccc1. The predicted octanol–water partition coefficient (Wildman–Crippen LogP) is 3.35. The third kappa shape index (κ3) is 2.01. The lowest BCUT2D eigenvalue weighted by molar-refractivity contribution is 1.19. The summed E-state index contributed by atoms with van der Waals surface area (Å²) in [6.07, 6.45) is 0. The summed E-state index contributed by atoms with van der Waals surface area (Å²) < 4.78 is 0. The highest BCUT2D eigenvalue weighted by atomic mass is 15.1. The first-order valence-electron chi connectivity index (χ1n) is 5.33. The monoisotopic (exact) mass is 212 g/mol. The summed E-state index contributed by atoms with van der Waals surface area (Å²) in [5, 5.41) is 0. The number of anilines is 3. The number of para-hydroxylation sites is 1. The zero-order valence-corrected chi connectivity index (χ0v) is 9.64. The van der Waals surface area contributed by atoms with Crippen LogP contribution in [0, 0.1) is 6.92 Å². The molecule has 0 heterocycles. The zero-order valence-electron chi connectivity index (χ0n) is 9.64. The molecule has 0 bridgehead atoms. The number of benzene rings is 2. The third-order valence-electron chi connectivity index (χ3n) is 2.74. The molecule has 2 heteroatoms. The van der Waals surface area contributed by atoms with Gasteiger partial charge in [-0.25, -0.2) is 0 Å². The van der Waals surface area contributed by atoms with Crippen LogP contribution in [0.1, 0.15) is 5.56 Å². The van der Waals surface area contributed by atoms with E-state index < -0.39 is 0 Å². The van der Waals surface area contributed by atoms with Crippen molar-refractivity contribution in [1.29, 1.82) is 0 Å². The summed E-state index contributed by atoms with van der Waals surface area (Å²) in [5.41, 5.74) is 10.1. The normalized spacial score (nSPS) is 10.1.